The Morgan fingerprint density at radius 2 is 1.70 bits per heavy atom. The van der Waals surface area contributed by atoms with Crippen LogP contribution in [-0.2, 0) is 14.4 Å². The molecule has 4 N–H and O–H groups in total. The Hall–Kier alpha value is -3.77. The highest BCUT2D eigenvalue weighted by Gasteiger charge is 2.76. The smallest absolute Gasteiger partial charge is 0.405 e. The summed E-state index contributed by atoms with van der Waals surface area (Å²) in [7, 11) is 0. The van der Waals surface area contributed by atoms with Crippen molar-refractivity contribution in [2.75, 3.05) is 6.54 Å². The zero-order valence-corrected chi connectivity index (χ0v) is 28.1. The summed E-state index contributed by atoms with van der Waals surface area (Å²) in [5, 5.41) is 38.8. The van der Waals surface area contributed by atoms with Crippen molar-refractivity contribution >= 4 is 23.6 Å². The molecule has 5 aliphatic rings. The van der Waals surface area contributed by atoms with E-state index in [1.165, 1.54) is 0 Å². The largest absolute Gasteiger partial charge is 0.465 e. The third kappa shape index (κ3) is 4.57. The molecule has 0 spiro atoms. The predicted molar refractivity (Wildman–Crippen MR) is 174 cm³/mol. The fourth-order valence-corrected chi connectivity index (χ4v) is 10.8. The van der Waals surface area contributed by atoms with Gasteiger partial charge in [0.1, 0.15) is 11.6 Å². The van der Waals surface area contributed by atoms with Gasteiger partial charge in [-0.1, -0.05) is 71.0 Å². The van der Waals surface area contributed by atoms with Gasteiger partial charge in [-0.15, -0.1) is 0 Å². The van der Waals surface area contributed by atoms with E-state index >= 15 is 0 Å². The number of fused-ring (bicyclic) bond motifs is 7. The molecular formula is C38H47N3O6. The Morgan fingerprint density at radius 3 is 2.36 bits per heavy atom. The fraction of sp³-hybridized carbons (Fsp3) is 0.605. The van der Waals surface area contributed by atoms with Crippen LogP contribution in [-0.4, -0.2) is 45.9 Å². The number of carboxylic acid groups (broad SMARTS) is 1. The number of carbonyl (C=O) groups is 4. The number of rotatable bonds is 5. The summed E-state index contributed by atoms with van der Waals surface area (Å²) in [6.07, 6.45) is 8.59. The first kappa shape index (κ1) is 33.1. The van der Waals surface area contributed by atoms with E-state index in [2.05, 4.69) is 37.5 Å². The number of nitriles is 1. The standard InChI is InChI=1S/C38H47N3O6/c1-33-15-16-34(2,22-40-31(44)29(41-32(45)46)23-9-7-6-8-10-23)26(21-39)30(33)38(47)28(43)20-27-35(3)13-12-25(42)19-24(35)11-14-36(27,4)37(38,5)18-17-33/h6-10,12-13,20,24,26,29-30,41,47H,11,14-19,22H2,1-5H3,(H,40,44)(H,45,46). The minimum atomic E-state index is -1.82. The van der Waals surface area contributed by atoms with Crippen molar-refractivity contribution in [2.24, 2.45) is 44.8 Å². The van der Waals surface area contributed by atoms with Gasteiger partial charge in [0, 0.05) is 35.1 Å². The Kier molecular flexibility index (Phi) is 7.67. The molecule has 250 valence electrons. The number of benzene rings is 1. The first-order chi connectivity index (χ1) is 22.0. The summed E-state index contributed by atoms with van der Waals surface area (Å²) in [5.41, 5.74) is -3.50. The molecule has 10 unspecified atom stereocenters. The van der Waals surface area contributed by atoms with E-state index in [9.17, 15) is 34.7 Å². The van der Waals surface area contributed by atoms with Crippen LogP contribution in [0, 0.1) is 56.2 Å². The number of aliphatic hydroxyl groups is 1. The van der Waals surface area contributed by atoms with Crippen LogP contribution in [0.5, 0.6) is 0 Å². The number of amides is 2. The number of nitrogens with one attached hydrogen (secondary N) is 2. The molecule has 9 nitrogen and oxygen atoms in total. The average Bonchev–Trinajstić information content (AvgIpc) is 3.03. The van der Waals surface area contributed by atoms with Crippen molar-refractivity contribution in [2.45, 2.75) is 91.2 Å². The van der Waals surface area contributed by atoms with E-state index in [4.69, 9.17) is 0 Å². The molecule has 0 aromatic heterocycles. The Morgan fingerprint density at radius 1 is 1.02 bits per heavy atom. The van der Waals surface area contributed by atoms with Crippen molar-refractivity contribution in [3.63, 3.8) is 0 Å². The number of ketones is 2. The van der Waals surface area contributed by atoms with Crippen LogP contribution in [0.25, 0.3) is 0 Å². The molecule has 9 heteroatoms. The molecule has 47 heavy (non-hydrogen) atoms. The lowest BCUT2D eigenvalue weighted by molar-refractivity contribution is -0.251. The van der Waals surface area contributed by atoms with Crippen LogP contribution in [0.2, 0.25) is 0 Å². The number of carbonyl (C=O) groups excluding carboxylic acids is 3. The lowest BCUT2D eigenvalue weighted by atomic mass is 9.32. The average molecular weight is 642 g/mol. The number of nitrogens with zero attached hydrogens (tertiary/aromatic N) is 1. The number of allylic oxidation sites excluding steroid dienone is 3. The Bertz CT molecular complexity index is 1630. The third-order valence-corrected chi connectivity index (χ3v) is 14.0. The van der Waals surface area contributed by atoms with Gasteiger partial charge in [-0.2, -0.15) is 5.26 Å². The summed E-state index contributed by atoms with van der Waals surface area (Å²) in [6, 6.07) is 9.98. The second-order valence-electron chi connectivity index (χ2n) is 16.3. The zero-order chi connectivity index (χ0) is 34.2. The highest BCUT2D eigenvalue weighted by Crippen LogP contribution is 2.75. The van der Waals surface area contributed by atoms with Gasteiger partial charge in [-0.05, 0) is 78.6 Å². The molecule has 1 aromatic carbocycles. The molecule has 2 amide bonds. The van der Waals surface area contributed by atoms with Gasteiger partial charge in [-0.25, -0.2) is 4.79 Å². The van der Waals surface area contributed by atoms with Crippen LogP contribution in [0.4, 0.5) is 4.79 Å². The molecule has 0 saturated heterocycles. The second kappa shape index (κ2) is 10.9. The summed E-state index contributed by atoms with van der Waals surface area (Å²) in [4.78, 5) is 52.1. The van der Waals surface area contributed by atoms with Crippen LogP contribution in [0.1, 0.15) is 91.2 Å². The maximum absolute atomic E-state index is 14.7. The summed E-state index contributed by atoms with van der Waals surface area (Å²) < 4.78 is 0. The van der Waals surface area contributed by atoms with E-state index in [-0.39, 0.29) is 24.0 Å². The van der Waals surface area contributed by atoms with Crippen LogP contribution >= 0.6 is 0 Å². The highest BCUT2D eigenvalue weighted by molar-refractivity contribution is 6.01. The second-order valence-corrected chi connectivity index (χ2v) is 16.3. The summed E-state index contributed by atoms with van der Waals surface area (Å²) in [5.74, 6) is -2.15. The predicted octanol–water partition coefficient (Wildman–Crippen LogP) is 5.67. The topological polar surface area (TPSA) is 157 Å². The van der Waals surface area contributed by atoms with E-state index in [0.717, 1.165) is 24.8 Å². The lowest BCUT2D eigenvalue weighted by Crippen LogP contribution is -2.75. The monoisotopic (exact) mass is 641 g/mol. The Balaban J connectivity index is 1.37. The molecule has 10 atom stereocenters. The van der Waals surface area contributed by atoms with Gasteiger partial charge < -0.3 is 20.8 Å². The lowest BCUT2D eigenvalue weighted by Gasteiger charge is -2.71. The van der Waals surface area contributed by atoms with E-state index in [1.54, 1.807) is 42.5 Å². The van der Waals surface area contributed by atoms with Crippen molar-refractivity contribution in [3.05, 3.63) is 59.7 Å². The van der Waals surface area contributed by atoms with Crippen molar-refractivity contribution < 1.29 is 29.4 Å². The summed E-state index contributed by atoms with van der Waals surface area (Å²) >= 11 is 0. The molecule has 0 bridgehead atoms. The van der Waals surface area contributed by atoms with Crippen molar-refractivity contribution in [1.82, 2.24) is 10.6 Å². The maximum Gasteiger partial charge on any atom is 0.405 e. The molecule has 6 rings (SSSR count). The van der Waals surface area contributed by atoms with E-state index < -0.39 is 62.6 Å². The van der Waals surface area contributed by atoms with Crippen LogP contribution < -0.4 is 10.6 Å². The van der Waals surface area contributed by atoms with Gasteiger partial charge in [0.05, 0.1) is 12.0 Å². The number of hydrogen-bond acceptors (Lipinski definition) is 6. The van der Waals surface area contributed by atoms with Crippen molar-refractivity contribution in [1.29, 1.82) is 5.26 Å². The quantitative estimate of drug-likeness (QED) is 0.323. The Labute approximate surface area is 276 Å². The molecule has 0 aliphatic heterocycles. The van der Waals surface area contributed by atoms with Crippen LogP contribution in [0.3, 0.4) is 0 Å². The van der Waals surface area contributed by atoms with E-state index in [0.29, 0.717) is 31.2 Å². The SMILES string of the molecule is CC1(CNC(=O)C(NC(=O)O)c2ccccc2)CCC2(C)CCC3(C)C4(C)CCC5CC(=O)C=CC5(C)C4=CC(=O)C3(O)C2C1C#N. The minimum Gasteiger partial charge on any atom is -0.465 e. The van der Waals surface area contributed by atoms with E-state index in [1.807, 2.05) is 19.9 Å². The summed E-state index contributed by atoms with van der Waals surface area (Å²) in [6.45, 7) is 10.5. The van der Waals surface area contributed by atoms with Gasteiger partial charge in [0.15, 0.2) is 11.6 Å². The first-order valence-corrected chi connectivity index (χ1v) is 16.9. The van der Waals surface area contributed by atoms with Gasteiger partial charge in [-0.3, -0.25) is 14.4 Å². The zero-order valence-electron chi connectivity index (χ0n) is 28.1. The highest BCUT2D eigenvalue weighted by atomic mass is 16.4. The maximum atomic E-state index is 14.7. The minimum absolute atomic E-state index is 0.0825. The molecule has 1 aromatic rings. The first-order valence-electron chi connectivity index (χ1n) is 16.9. The van der Waals surface area contributed by atoms with Crippen LogP contribution in [0.15, 0.2) is 54.1 Å². The van der Waals surface area contributed by atoms with Gasteiger partial charge >= 0.3 is 6.09 Å². The molecule has 0 radical (unpaired) electrons. The fourth-order valence-electron chi connectivity index (χ4n) is 10.8. The van der Waals surface area contributed by atoms with Gasteiger partial charge in [0.25, 0.3) is 0 Å². The van der Waals surface area contributed by atoms with Gasteiger partial charge in [0.2, 0.25) is 5.91 Å². The normalized spacial score (nSPS) is 42.7. The molecular weight excluding hydrogens is 594 g/mol. The number of hydrogen-bond donors (Lipinski definition) is 4. The molecule has 3 fully saturated rings. The van der Waals surface area contributed by atoms with Crippen molar-refractivity contribution in [3.8, 4) is 6.07 Å². The molecule has 3 saturated carbocycles. The molecule has 0 heterocycles. The molecule has 5 aliphatic carbocycles. The third-order valence-electron chi connectivity index (χ3n) is 14.0.